The highest BCUT2D eigenvalue weighted by atomic mass is 79.9. The van der Waals surface area contributed by atoms with E-state index in [1.165, 1.54) is 18.7 Å². The summed E-state index contributed by atoms with van der Waals surface area (Å²) in [5.41, 5.74) is 0. The predicted octanol–water partition coefficient (Wildman–Crippen LogP) is 2.62. The maximum absolute atomic E-state index is 4.53. The van der Waals surface area contributed by atoms with Gasteiger partial charge in [-0.1, -0.05) is 0 Å². The van der Waals surface area contributed by atoms with Gasteiger partial charge in [0.25, 0.3) is 0 Å². The summed E-state index contributed by atoms with van der Waals surface area (Å²) in [5, 5.41) is 4.41. The number of halogens is 1. The Kier molecular flexibility index (Phi) is 3.15. The molecule has 3 heterocycles. The quantitative estimate of drug-likeness (QED) is 0.862. The van der Waals surface area contributed by atoms with Crippen LogP contribution in [0.2, 0.25) is 0 Å². The zero-order valence-electron chi connectivity index (χ0n) is 11.3. The third-order valence-electron chi connectivity index (χ3n) is 4.25. The second-order valence-corrected chi connectivity index (χ2v) is 6.71. The van der Waals surface area contributed by atoms with Crippen molar-refractivity contribution < 1.29 is 0 Å². The number of hydrogen-bond acceptors (Lipinski definition) is 3. The van der Waals surface area contributed by atoms with Crippen molar-refractivity contribution in [2.24, 2.45) is 0 Å². The zero-order chi connectivity index (χ0) is 13.5. The van der Waals surface area contributed by atoms with Gasteiger partial charge in [0.2, 0.25) is 0 Å². The number of hydrogen-bond donors (Lipinski definition) is 0. The Morgan fingerprint density at radius 2 is 2.15 bits per heavy atom. The molecule has 2 aromatic heterocycles. The minimum absolute atomic E-state index is 0.491. The SMILES string of the molecule is Brc1cnn(C2CCN(Cc3nccn3C3CC3)C2)c1. The molecule has 5 nitrogen and oxygen atoms in total. The first-order valence-electron chi connectivity index (χ1n) is 7.23. The smallest absolute Gasteiger partial charge is 0.123 e. The lowest BCUT2D eigenvalue weighted by Gasteiger charge is -2.16. The van der Waals surface area contributed by atoms with Crippen molar-refractivity contribution in [3.63, 3.8) is 0 Å². The molecule has 2 aliphatic rings. The number of aromatic nitrogens is 4. The Balaban J connectivity index is 1.42. The largest absolute Gasteiger partial charge is 0.331 e. The van der Waals surface area contributed by atoms with E-state index in [1.807, 2.05) is 12.4 Å². The molecule has 1 unspecified atom stereocenters. The summed E-state index contributed by atoms with van der Waals surface area (Å²) < 4.78 is 5.50. The van der Waals surface area contributed by atoms with Crippen LogP contribution in [0.15, 0.2) is 29.3 Å². The summed E-state index contributed by atoms with van der Waals surface area (Å²) in [4.78, 5) is 7.02. The molecule has 6 heteroatoms. The van der Waals surface area contributed by atoms with Gasteiger partial charge in [-0.05, 0) is 35.2 Å². The van der Waals surface area contributed by atoms with E-state index in [0.717, 1.165) is 30.5 Å². The Labute approximate surface area is 126 Å². The van der Waals surface area contributed by atoms with Gasteiger partial charge in [0.1, 0.15) is 5.82 Å². The van der Waals surface area contributed by atoms with E-state index in [0.29, 0.717) is 12.1 Å². The van der Waals surface area contributed by atoms with Gasteiger partial charge in [-0.15, -0.1) is 0 Å². The van der Waals surface area contributed by atoms with Gasteiger partial charge in [-0.3, -0.25) is 9.58 Å². The average Bonchev–Trinajstić information content (AvgIpc) is 2.87. The molecular formula is C14H18BrN5. The van der Waals surface area contributed by atoms with E-state index in [4.69, 9.17) is 0 Å². The van der Waals surface area contributed by atoms with Gasteiger partial charge >= 0.3 is 0 Å². The first-order valence-corrected chi connectivity index (χ1v) is 8.02. The monoisotopic (exact) mass is 335 g/mol. The minimum atomic E-state index is 0.491. The highest BCUT2D eigenvalue weighted by molar-refractivity contribution is 9.10. The van der Waals surface area contributed by atoms with Crippen LogP contribution < -0.4 is 0 Å². The van der Waals surface area contributed by atoms with E-state index in [-0.39, 0.29) is 0 Å². The van der Waals surface area contributed by atoms with E-state index in [9.17, 15) is 0 Å². The zero-order valence-corrected chi connectivity index (χ0v) is 12.9. The van der Waals surface area contributed by atoms with Crippen LogP contribution in [0.5, 0.6) is 0 Å². The fourth-order valence-electron chi connectivity index (χ4n) is 3.04. The third kappa shape index (κ3) is 2.42. The summed E-state index contributed by atoms with van der Waals surface area (Å²) >= 11 is 3.47. The molecular weight excluding hydrogens is 318 g/mol. The molecule has 106 valence electrons. The molecule has 0 spiro atoms. The second kappa shape index (κ2) is 5.00. The number of likely N-dealkylation sites (tertiary alicyclic amines) is 1. The van der Waals surface area contributed by atoms with Crippen LogP contribution >= 0.6 is 15.9 Å². The molecule has 0 bridgehead atoms. The van der Waals surface area contributed by atoms with Crippen LogP contribution in [0.25, 0.3) is 0 Å². The fraction of sp³-hybridized carbons (Fsp3) is 0.571. The van der Waals surface area contributed by atoms with Crippen LogP contribution in [0.3, 0.4) is 0 Å². The van der Waals surface area contributed by atoms with Gasteiger partial charge < -0.3 is 4.57 Å². The maximum Gasteiger partial charge on any atom is 0.123 e. The van der Waals surface area contributed by atoms with Crippen molar-refractivity contribution in [2.75, 3.05) is 13.1 Å². The third-order valence-corrected chi connectivity index (χ3v) is 4.66. The van der Waals surface area contributed by atoms with Crippen LogP contribution in [-0.2, 0) is 6.54 Å². The van der Waals surface area contributed by atoms with Crippen molar-refractivity contribution in [3.8, 4) is 0 Å². The molecule has 2 aromatic rings. The van der Waals surface area contributed by atoms with Crippen molar-refractivity contribution in [2.45, 2.75) is 37.9 Å². The molecule has 1 atom stereocenters. The van der Waals surface area contributed by atoms with E-state index in [1.54, 1.807) is 0 Å². The van der Waals surface area contributed by atoms with Gasteiger partial charge in [0, 0.05) is 37.7 Å². The molecule has 1 saturated carbocycles. The molecule has 1 aliphatic heterocycles. The maximum atomic E-state index is 4.53. The average molecular weight is 336 g/mol. The fourth-order valence-corrected chi connectivity index (χ4v) is 3.34. The predicted molar refractivity (Wildman–Crippen MR) is 79.4 cm³/mol. The highest BCUT2D eigenvalue weighted by Gasteiger charge is 2.28. The normalized spacial score (nSPS) is 23.6. The lowest BCUT2D eigenvalue weighted by Crippen LogP contribution is -2.23. The molecule has 0 aromatic carbocycles. The lowest BCUT2D eigenvalue weighted by atomic mass is 10.3. The number of nitrogens with zero attached hydrogens (tertiary/aromatic N) is 5. The van der Waals surface area contributed by atoms with Crippen LogP contribution in [0.1, 0.15) is 37.2 Å². The van der Waals surface area contributed by atoms with Gasteiger partial charge in [0.15, 0.2) is 0 Å². The molecule has 0 N–H and O–H groups in total. The molecule has 0 amide bonds. The molecule has 4 rings (SSSR count). The van der Waals surface area contributed by atoms with Crippen molar-refractivity contribution >= 4 is 15.9 Å². The van der Waals surface area contributed by atoms with Crippen molar-refractivity contribution in [3.05, 3.63) is 35.1 Å². The number of rotatable bonds is 4. The molecule has 1 aliphatic carbocycles. The Morgan fingerprint density at radius 1 is 1.25 bits per heavy atom. The van der Waals surface area contributed by atoms with E-state index >= 15 is 0 Å². The Bertz CT molecular complexity index is 600. The van der Waals surface area contributed by atoms with Crippen molar-refractivity contribution in [1.29, 1.82) is 0 Å². The summed E-state index contributed by atoms with van der Waals surface area (Å²) in [6, 6.07) is 1.21. The first-order chi connectivity index (χ1) is 9.79. The van der Waals surface area contributed by atoms with Gasteiger partial charge in [-0.2, -0.15) is 5.10 Å². The molecule has 2 fully saturated rings. The molecule has 20 heavy (non-hydrogen) atoms. The van der Waals surface area contributed by atoms with Gasteiger partial charge in [0.05, 0.1) is 23.3 Å². The van der Waals surface area contributed by atoms with Gasteiger partial charge in [-0.25, -0.2) is 4.98 Å². The Morgan fingerprint density at radius 3 is 2.90 bits per heavy atom. The topological polar surface area (TPSA) is 38.9 Å². The number of imidazole rings is 1. The summed E-state index contributed by atoms with van der Waals surface area (Å²) in [6.45, 7) is 3.15. The van der Waals surface area contributed by atoms with Crippen LogP contribution in [0, 0.1) is 0 Å². The highest BCUT2D eigenvalue weighted by Crippen LogP contribution is 2.36. The lowest BCUT2D eigenvalue weighted by molar-refractivity contribution is 0.299. The van der Waals surface area contributed by atoms with Crippen LogP contribution in [0.4, 0.5) is 0 Å². The molecule has 1 saturated heterocycles. The Hall–Kier alpha value is -1.14. The minimum Gasteiger partial charge on any atom is -0.331 e. The van der Waals surface area contributed by atoms with E-state index < -0.39 is 0 Å². The molecule has 0 radical (unpaired) electrons. The summed E-state index contributed by atoms with van der Waals surface area (Å²) in [5.74, 6) is 1.22. The van der Waals surface area contributed by atoms with E-state index in [2.05, 4.69) is 52.6 Å². The standard InChI is InChI=1S/C14H18BrN5/c15-11-7-17-20(8-11)13-3-5-18(9-13)10-14-16-4-6-19(14)12-1-2-12/h4,6-8,12-13H,1-3,5,9-10H2. The summed E-state index contributed by atoms with van der Waals surface area (Å²) in [7, 11) is 0. The van der Waals surface area contributed by atoms with Crippen molar-refractivity contribution in [1.82, 2.24) is 24.2 Å². The second-order valence-electron chi connectivity index (χ2n) is 5.80. The van der Waals surface area contributed by atoms with Crippen LogP contribution in [-0.4, -0.2) is 37.3 Å². The summed E-state index contributed by atoms with van der Waals surface area (Å²) in [6.07, 6.45) is 11.8. The first kappa shape index (κ1) is 12.6.